The van der Waals surface area contributed by atoms with Gasteiger partial charge in [-0.3, -0.25) is 14.5 Å². The molecule has 2 saturated heterocycles. The van der Waals surface area contributed by atoms with E-state index in [0.717, 1.165) is 51.3 Å². The van der Waals surface area contributed by atoms with E-state index in [9.17, 15) is 9.59 Å². The molecule has 0 bridgehead atoms. The highest BCUT2D eigenvalue weighted by atomic mass is 16.5. The van der Waals surface area contributed by atoms with Gasteiger partial charge in [0.05, 0.1) is 0 Å². The monoisotopic (exact) mass is 399 g/mol. The van der Waals surface area contributed by atoms with Crippen LogP contribution in [-0.2, 0) is 20.7 Å². The van der Waals surface area contributed by atoms with E-state index >= 15 is 0 Å². The molecule has 2 fully saturated rings. The highest BCUT2D eigenvalue weighted by Crippen LogP contribution is 2.31. The van der Waals surface area contributed by atoms with Crippen molar-refractivity contribution in [2.45, 2.75) is 56.9 Å². The summed E-state index contributed by atoms with van der Waals surface area (Å²) in [5.74, 6) is 0.148. The summed E-state index contributed by atoms with van der Waals surface area (Å²) in [5.41, 5.74) is 2.19. The second kappa shape index (κ2) is 9.26. The number of hydrogen-bond acceptors (Lipinski definition) is 4. The summed E-state index contributed by atoms with van der Waals surface area (Å²) < 4.78 is 5.61. The maximum Gasteiger partial charge on any atom is 0.227 e. The first-order chi connectivity index (χ1) is 14.2. The average molecular weight is 400 g/mol. The fourth-order valence-corrected chi connectivity index (χ4v) is 5.03. The van der Waals surface area contributed by atoms with E-state index in [-0.39, 0.29) is 17.4 Å². The molecule has 1 N–H and O–H groups in total. The van der Waals surface area contributed by atoms with Crippen LogP contribution >= 0.6 is 0 Å². The van der Waals surface area contributed by atoms with E-state index < -0.39 is 0 Å². The largest absolute Gasteiger partial charge is 0.381 e. The molecule has 0 saturated carbocycles. The zero-order valence-electron chi connectivity index (χ0n) is 17.3. The lowest BCUT2D eigenvalue weighted by atomic mass is 9.86. The van der Waals surface area contributed by atoms with Gasteiger partial charge in [0.1, 0.15) is 0 Å². The molecule has 3 aliphatic rings. The van der Waals surface area contributed by atoms with Crippen molar-refractivity contribution in [3.8, 4) is 0 Å². The van der Waals surface area contributed by atoms with Crippen molar-refractivity contribution in [2.75, 3.05) is 44.3 Å². The number of anilines is 1. The molecule has 29 heavy (non-hydrogen) atoms. The predicted molar refractivity (Wildman–Crippen MR) is 113 cm³/mol. The van der Waals surface area contributed by atoms with Crippen molar-refractivity contribution in [2.24, 2.45) is 0 Å². The first kappa shape index (κ1) is 20.4. The van der Waals surface area contributed by atoms with Gasteiger partial charge in [0.2, 0.25) is 11.8 Å². The van der Waals surface area contributed by atoms with Crippen molar-refractivity contribution in [3.05, 3.63) is 29.8 Å². The zero-order chi connectivity index (χ0) is 20.1. The molecular formula is C23H33N3O3. The van der Waals surface area contributed by atoms with Gasteiger partial charge in [-0.15, -0.1) is 0 Å². The number of nitrogens with zero attached hydrogens (tertiary/aromatic N) is 2. The molecular weight excluding hydrogens is 366 g/mol. The first-order valence-corrected chi connectivity index (χ1v) is 11.2. The third kappa shape index (κ3) is 4.64. The van der Waals surface area contributed by atoms with Crippen molar-refractivity contribution in [3.63, 3.8) is 0 Å². The number of aryl methyl sites for hydroxylation is 1. The topological polar surface area (TPSA) is 61.9 Å². The van der Waals surface area contributed by atoms with Crippen LogP contribution in [0.5, 0.6) is 0 Å². The lowest BCUT2D eigenvalue weighted by molar-refractivity contribution is -0.122. The van der Waals surface area contributed by atoms with E-state index in [1.54, 1.807) is 4.90 Å². The molecule has 3 heterocycles. The Morgan fingerprint density at radius 1 is 1.07 bits per heavy atom. The standard InChI is InChI=1S/C23H33N3O3/c27-21(10-15-26-20-7-3-2-6-19(20)8-9-22(26)28)24-18-23(11-16-29-17-12-23)25-13-4-1-5-14-25/h2-3,6-7H,1,4-5,8-18H2,(H,24,27). The summed E-state index contributed by atoms with van der Waals surface area (Å²) in [4.78, 5) is 29.5. The molecule has 1 aromatic carbocycles. The number of piperidine rings is 1. The Hall–Kier alpha value is -1.92. The van der Waals surface area contributed by atoms with Gasteiger partial charge in [-0.2, -0.15) is 0 Å². The summed E-state index contributed by atoms with van der Waals surface area (Å²) >= 11 is 0. The number of hydrogen-bond donors (Lipinski definition) is 1. The minimum atomic E-state index is 0.0296. The quantitative estimate of drug-likeness (QED) is 0.798. The van der Waals surface area contributed by atoms with Gasteiger partial charge in [0.25, 0.3) is 0 Å². The number of benzene rings is 1. The van der Waals surface area contributed by atoms with E-state index in [4.69, 9.17) is 4.74 Å². The van der Waals surface area contributed by atoms with E-state index in [1.807, 2.05) is 18.2 Å². The van der Waals surface area contributed by atoms with Gasteiger partial charge in [0.15, 0.2) is 0 Å². The van der Waals surface area contributed by atoms with Crippen LogP contribution in [0.25, 0.3) is 0 Å². The fraction of sp³-hybridized carbons (Fsp3) is 0.652. The fourth-order valence-electron chi connectivity index (χ4n) is 5.03. The lowest BCUT2D eigenvalue weighted by Gasteiger charge is -2.48. The van der Waals surface area contributed by atoms with Gasteiger partial charge in [0, 0.05) is 50.4 Å². The summed E-state index contributed by atoms with van der Waals surface area (Å²) in [6.07, 6.45) is 7.40. The number of likely N-dealkylation sites (tertiary alicyclic amines) is 1. The Balaban J connectivity index is 1.34. The number of rotatable bonds is 6. The normalized spacial score (nSPS) is 22.2. The molecule has 0 aliphatic carbocycles. The third-order valence-electron chi connectivity index (χ3n) is 6.82. The number of carbonyl (C=O) groups excluding carboxylic acids is 2. The Kier molecular flexibility index (Phi) is 6.50. The van der Waals surface area contributed by atoms with Crippen molar-refractivity contribution >= 4 is 17.5 Å². The highest BCUT2D eigenvalue weighted by Gasteiger charge is 2.39. The molecule has 0 unspecified atom stereocenters. The van der Waals surface area contributed by atoms with Crippen LogP contribution in [0.3, 0.4) is 0 Å². The van der Waals surface area contributed by atoms with Gasteiger partial charge in [-0.1, -0.05) is 24.6 Å². The predicted octanol–water partition coefficient (Wildman–Crippen LogP) is 2.51. The maximum atomic E-state index is 12.7. The van der Waals surface area contributed by atoms with Gasteiger partial charge in [-0.05, 0) is 56.8 Å². The Morgan fingerprint density at radius 2 is 1.83 bits per heavy atom. The lowest BCUT2D eigenvalue weighted by Crippen LogP contribution is -2.59. The van der Waals surface area contributed by atoms with Crippen LogP contribution in [0.2, 0.25) is 0 Å². The average Bonchev–Trinajstić information content (AvgIpc) is 2.78. The minimum Gasteiger partial charge on any atom is -0.381 e. The molecule has 0 spiro atoms. The van der Waals surface area contributed by atoms with Crippen molar-refractivity contribution < 1.29 is 14.3 Å². The SMILES string of the molecule is O=C(CCN1C(=O)CCc2ccccc21)NCC1(N2CCCCC2)CCOCC1. The Bertz CT molecular complexity index is 724. The van der Waals surface area contributed by atoms with Gasteiger partial charge in [-0.25, -0.2) is 0 Å². The third-order valence-corrected chi connectivity index (χ3v) is 6.82. The number of fused-ring (bicyclic) bond motifs is 1. The Morgan fingerprint density at radius 3 is 2.62 bits per heavy atom. The minimum absolute atomic E-state index is 0.0296. The number of carbonyl (C=O) groups is 2. The molecule has 0 aromatic heterocycles. The molecule has 0 radical (unpaired) electrons. The molecule has 2 amide bonds. The van der Waals surface area contributed by atoms with Crippen molar-refractivity contribution in [1.82, 2.24) is 10.2 Å². The van der Waals surface area contributed by atoms with Crippen LogP contribution in [0, 0.1) is 0 Å². The van der Waals surface area contributed by atoms with Gasteiger partial charge < -0.3 is 15.0 Å². The van der Waals surface area contributed by atoms with Crippen LogP contribution < -0.4 is 10.2 Å². The second-order valence-corrected chi connectivity index (χ2v) is 8.59. The van der Waals surface area contributed by atoms with E-state index in [1.165, 1.54) is 24.8 Å². The molecule has 1 aromatic rings. The van der Waals surface area contributed by atoms with E-state index in [0.29, 0.717) is 25.9 Å². The van der Waals surface area contributed by atoms with Gasteiger partial charge >= 0.3 is 0 Å². The highest BCUT2D eigenvalue weighted by molar-refractivity contribution is 5.96. The number of ether oxygens (including phenoxy) is 1. The summed E-state index contributed by atoms with van der Waals surface area (Å²) in [5, 5.41) is 3.19. The van der Waals surface area contributed by atoms with Crippen LogP contribution in [0.15, 0.2) is 24.3 Å². The molecule has 158 valence electrons. The maximum absolute atomic E-state index is 12.7. The summed E-state index contributed by atoms with van der Waals surface area (Å²) in [6, 6.07) is 8.02. The number of nitrogens with one attached hydrogen (secondary N) is 1. The number of amides is 2. The summed E-state index contributed by atoms with van der Waals surface area (Å²) in [7, 11) is 0. The zero-order valence-corrected chi connectivity index (χ0v) is 17.3. The molecule has 4 rings (SSSR count). The molecule has 3 aliphatic heterocycles. The molecule has 6 nitrogen and oxygen atoms in total. The Labute approximate surface area is 173 Å². The van der Waals surface area contributed by atoms with E-state index in [2.05, 4.69) is 16.3 Å². The number of para-hydroxylation sites is 1. The second-order valence-electron chi connectivity index (χ2n) is 8.59. The smallest absolute Gasteiger partial charge is 0.227 e. The first-order valence-electron chi connectivity index (χ1n) is 11.2. The summed E-state index contributed by atoms with van der Waals surface area (Å²) in [6.45, 7) is 4.90. The molecule has 0 atom stereocenters. The van der Waals surface area contributed by atoms with Crippen LogP contribution in [0.4, 0.5) is 5.69 Å². The van der Waals surface area contributed by atoms with Crippen LogP contribution in [-0.4, -0.2) is 61.6 Å². The van der Waals surface area contributed by atoms with Crippen LogP contribution in [0.1, 0.15) is 50.5 Å². The molecule has 6 heteroatoms. The van der Waals surface area contributed by atoms with Crippen molar-refractivity contribution in [1.29, 1.82) is 0 Å².